The molecule has 1 aliphatic carbocycles. The maximum Gasteiger partial charge on any atom is 0.261 e. The van der Waals surface area contributed by atoms with Crippen LogP contribution in [0.15, 0.2) is 36.5 Å². The van der Waals surface area contributed by atoms with Gasteiger partial charge in [0, 0.05) is 36.3 Å². The van der Waals surface area contributed by atoms with E-state index >= 15 is 0 Å². The second kappa shape index (κ2) is 8.26. The first-order valence-electron chi connectivity index (χ1n) is 9.49. The number of halogens is 1. The van der Waals surface area contributed by atoms with Gasteiger partial charge in [0.1, 0.15) is 5.82 Å². The molecule has 0 saturated carbocycles. The van der Waals surface area contributed by atoms with Crippen molar-refractivity contribution in [2.24, 2.45) is 5.73 Å². The number of hydrogen-bond acceptors (Lipinski definition) is 6. The van der Waals surface area contributed by atoms with Gasteiger partial charge in [-0.25, -0.2) is 14.4 Å². The highest BCUT2D eigenvalue weighted by atomic mass is 32.1. The molecule has 4 N–H and O–H groups in total. The summed E-state index contributed by atoms with van der Waals surface area (Å²) < 4.78 is 13.4. The summed E-state index contributed by atoms with van der Waals surface area (Å²) in [5.74, 6) is 0.102. The number of nitrogens with two attached hydrogens (primary N) is 1. The van der Waals surface area contributed by atoms with Crippen LogP contribution >= 0.6 is 11.3 Å². The van der Waals surface area contributed by atoms with E-state index in [1.807, 2.05) is 18.3 Å². The highest BCUT2D eigenvalue weighted by molar-refractivity contribution is 7.14. The molecule has 0 aliphatic heterocycles. The number of anilines is 1. The number of hydrogen-bond donors (Lipinski definition) is 3. The molecular formula is C21H22FN5OS. The lowest BCUT2D eigenvalue weighted by Gasteiger charge is -2.16. The lowest BCUT2D eigenvalue weighted by molar-refractivity contribution is 0.0942. The molecule has 1 aliphatic rings. The van der Waals surface area contributed by atoms with Crippen molar-refractivity contribution in [3.8, 4) is 11.3 Å². The van der Waals surface area contributed by atoms with Crippen LogP contribution in [0.4, 0.5) is 10.3 Å². The molecule has 2 aromatic heterocycles. The maximum absolute atomic E-state index is 13.4. The number of nitrogens with zero attached hydrogens (tertiary/aromatic N) is 2. The standard InChI is InChI=1S/C21H22FN5OS/c1-24-21-25-11-13-5-6-17-16(19(13)27-21)9-18(29-17)20(28)26-15(10-23)8-12-3-2-4-14(22)7-12/h2-4,7,9,11,15H,5-6,8,10,23H2,1H3,(H,26,28)(H,24,25,27)/t15-/m0/s1. The van der Waals surface area contributed by atoms with E-state index in [-0.39, 0.29) is 24.3 Å². The van der Waals surface area contributed by atoms with Crippen molar-refractivity contribution < 1.29 is 9.18 Å². The Kier molecular flexibility index (Phi) is 5.55. The number of aryl methyl sites for hydroxylation is 2. The lowest BCUT2D eigenvalue weighted by Crippen LogP contribution is -2.41. The molecule has 0 bridgehead atoms. The van der Waals surface area contributed by atoms with Crippen molar-refractivity contribution in [3.05, 3.63) is 63.2 Å². The SMILES string of the molecule is CNc1ncc2c(n1)-c1cc(C(=O)N[C@H](CN)Cc3cccc(F)c3)sc1CC2. The van der Waals surface area contributed by atoms with Crippen LogP contribution in [0, 0.1) is 5.82 Å². The summed E-state index contributed by atoms with van der Waals surface area (Å²) in [7, 11) is 1.78. The molecule has 29 heavy (non-hydrogen) atoms. The molecule has 8 heteroatoms. The molecule has 1 atom stereocenters. The summed E-state index contributed by atoms with van der Waals surface area (Å²) in [6.45, 7) is 0.273. The fourth-order valence-electron chi connectivity index (χ4n) is 3.52. The van der Waals surface area contributed by atoms with E-state index in [2.05, 4.69) is 20.6 Å². The van der Waals surface area contributed by atoms with E-state index in [0.29, 0.717) is 17.2 Å². The summed E-state index contributed by atoms with van der Waals surface area (Å²) in [5.41, 5.74) is 9.62. The van der Waals surface area contributed by atoms with Crippen LogP contribution in [0.5, 0.6) is 0 Å². The quantitative estimate of drug-likeness (QED) is 0.580. The van der Waals surface area contributed by atoms with Crippen LogP contribution in [-0.4, -0.2) is 35.5 Å². The lowest BCUT2D eigenvalue weighted by atomic mass is 9.96. The minimum absolute atomic E-state index is 0.166. The average molecular weight is 412 g/mol. The van der Waals surface area contributed by atoms with Gasteiger partial charge >= 0.3 is 0 Å². The third-order valence-corrected chi connectivity index (χ3v) is 6.18. The summed E-state index contributed by atoms with van der Waals surface area (Å²) in [6.07, 6.45) is 4.05. The molecule has 2 heterocycles. The number of thiophene rings is 1. The largest absolute Gasteiger partial charge is 0.357 e. The van der Waals surface area contributed by atoms with E-state index in [9.17, 15) is 9.18 Å². The first-order valence-corrected chi connectivity index (χ1v) is 10.3. The van der Waals surface area contributed by atoms with Crippen LogP contribution in [0.3, 0.4) is 0 Å². The second-order valence-electron chi connectivity index (χ2n) is 7.01. The van der Waals surface area contributed by atoms with Crippen molar-refractivity contribution in [1.82, 2.24) is 15.3 Å². The molecule has 6 nitrogen and oxygen atoms in total. The molecule has 1 amide bonds. The average Bonchev–Trinajstić information content (AvgIpc) is 3.18. The van der Waals surface area contributed by atoms with Gasteiger partial charge in [-0.3, -0.25) is 4.79 Å². The van der Waals surface area contributed by atoms with Gasteiger partial charge in [0.25, 0.3) is 5.91 Å². The summed E-state index contributed by atoms with van der Waals surface area (Å²) in [5, 5.41) is 5.95. The van der Waals surface area contributed by atoms with Gasteiger partial charge in [-0.1, -0.05) is 12.1 Å². The molecule has 0 fully saturated rings. The van der Waals surface area contributed by atoms with Crippen molar-refractivity contribution in [2.45, 2.75) is 25.3 Å². The predicted molar refractivity (Wildman–Crippen MR) is 113 cm³/mol. The number of nitrogens with one attached hydrogen (secondary N) is 2. The van der Waals surface area contributed by atoms with E-state index in [0.717, 1.165) is 40.1 Å². The van der Waals surface area contributed by atoms with Crippen LogP contribution in [-0.2, 0) is 19.3 Å². The number of amides is 1. The number of aromatic nitrogens is 2. The van der Waals surface area contributed by atoms with Gasteiger partial charge in [-0.15, -0.1) is 11.3 Å². The number of carbonyl (C=O) groups excluding carboxylic acids is 1. The number of benzene rings is 1. The molecule has 0 radical (unpaired) electrons. The Labute approximate surface area is 172 Å². The molecule has 3 aromatic rings. The highest BCUT2D eigenvalue weighted by Gasteiger charge is 2.24. The van der Waals surface area contributed by atoms with Gasteiger partial charge < -0.3 is 16.4 Å². The van der Waals surface area contributed by atoms with Crippen LogP contribution in [0.1, 0.15) is 25.7 Å². The predicted octanol–water partition coefficient (Wildman–Crippen LogP) is 2.78. The Morgan fingerprint density at radius 3 is 2.97 bits per heavy atom. The Balaban J connectivity index is 1.53. The Morgan fingerprint density at radius 1 is 1.34 bits per heavy atom. The normalized spacial score (nSPS) is 13.3. The minimum Gasteiger partial charge on any atom is -0.357 e. The number of rotatable bonds is 6. The molecule has 4 rings (SSSR count). The zero-order valence-corrected chi connectivity index (χ0v) is 16.9. The minimum atomic E-state index is -0.294. The first kappa shape index (κ1) is 19.5. The zero-order chi connectivity index (χ0) is 20.4. The van der Waals surface area contributed by atoms with E-state index in [1.54, 1.807) is 13.1 Å². The molecule has 0 spiro atoms. The summed E-state index contributed by atoms with van der Waals surface area (Å²) in [6, 6.07) is 7.99. The van der Waals surface area contributed by atoms with Crippen LogP contribution < -0.4 is 16.4 Å². The molecule has 0 saturated heterocycles. The molecule has 150 valence electrons. The van der Waals surface area contributed by atoms with Gasteiger partial charge in [-0.05, 0) is 48.6 Å². The third kappa shape index (κ3) is 4.13. The molecule has 1 aromatic carbocycles. The summed E-state index contributed by atoms with van der Waals surface area (Å²) >= 11 is 1.49. The van der Waals surface area contributed by atoms with Gasteiger partial charge in [0.2, 0.25) is 5.95 Å². The monoisotopic (exact) mass is 411 g/mol. The topological polar surface area (TPSA) is 92.9 Å². The van der Waals surface area contributed by atoms with Gasteiger partial charge in [0.15, 0.2) is 0 Å². The van der Waals surface area contributed by atoms with E-state index < -0.39 is 0 Å². The number of carbonyl (C=O) groups is 1. The Hall–Kier alpha value is -2.84. The zero-order valence-electron chi connectivity index (χ0n) is 16.0. The van der Waals surface area contributed by atoms with Crippen molar-refractivity contribution in [2.75, 3.05) is 18.9 Å². The Morgan fingerprint density at radius 2 is 2.21 bits per heavy atom. The maximum atomic E-state index is 13.4. The first-order chi connectivity index (χ1) is 14.1. The third-order valence-electron chi connectivity index (χ3n) is 4.99. The fraction of sp³-hybridized carbons (Fsp3) is 0.286. The van der Waals surface area contributed by atoms with Crippen molar-refractivity contribution in [1.29, 1.82) is 0 Å². The van der Waals surface area contributed by atoms with Gasteiger partial charge in [-0.2, -0.15) is 0 Å². The van der Waals surface area contributed by atoms with Crippen LogP contribution in [0.25, 0.3) is 11.3 Å². The Bertz CT molecular complexity index is 1050. The molecule has 0 unspecified atom stereocenters. The van der Waals surface area contributed by atoms with E-state index in [1.165, 1.54) is 23.5 Å². The summed E-state index contributed by atoms with van der Waals surface area (Å²) in [4.78, 5) is 23.5. The van der Waals surface area contributed by atoms with E-state index in [4.69, 9.17) is 5.73 Å². The van der Waals surface area contributed by atoms with Gasteiger partial charge in [0.05, 0.1) is 10.6 Å². The van der Waals surface area contributed by atoms with Crippen molar-refractivity contribution >= 4 is 23.2 Å². The molecular weight excluding hydrogens is 389 g/mol. The fourth-order valence-corrected chi connectivity index (χ4v) is 4.58. The second-order valence-corrected chi connectivity index (χ2v) is 8.14. The highest BCUT2D eigenvalue weighted by Crippen LogP contribution is 2.37. The van der Waals surface area contributed by atoms with Crippen LogP contribution in [0.2, 0.25) is 0 Å². The number of fused-ring (bicyclic) bond motifs is 3. The smallest absolute Gasteiger partial charge is 0.261 e. The van der Waals surface area contributed by atoms with Crippen molar-refractivity contribution in [3.63, 3.8) is 0 Å².